The Hall–Kier alpha value is -3.72. The molecule has 0 radical (unpaired) electrons. The van der Waals surface area contributed by atoms with E-state index >= 15 is 0 Å². The number of para-hydroxylation sites is 1. The summed E-state index contributed by atoms with van der Waals surface area (Å²) >= 11 is 12.5. The fraction of sp³-hybridized carbons (Fsp3) is 0.233. The van der Waals surface area contributed by atoms with Crippen molar-refractivity contribution in [3.8, 4) is 5.69 Å². The van der Waals surface area contributed by atoms with Gasteiger partial charge in [0.15, 0.2) is 5.11 Å². The third-order valence-corrected chi connectivity index (χ3v) is 7.65. The summed E-state index contributed by atoms with van der Waals surface area (Å²) in [6.45, 7) is 6.16. The summed E-state index contributed by atoms with van der Waals surface area (Å²) in [6.07, 6.45) is 1.80. The van der Waals surface area contributed by atoms with Crippen LogP contribution in [-0.2, 0) is 9.53 Å². The first-order valence-electron chi connectivity index (χ1n) is 12.6. The molecule has 1 aliphatic heterocycles. The molecular weight excluding hydrogens is 530 g/mol. The van der Waals surface area contributed by atoms with E-state index in [2.05, 4.69) is 45.0 Å². The van der Waals surface area contributed by atoms with Gasteiger partial charge >= 0.3 is 0 Å². The van der Waals surface area contributed by atoms with Gasteiger partial charge in [0.25, 0.3) is 0 Å². The number of aromatic nitrogens is 2. The molecule has 7 nitrogen and oxygen atoms in total. The van der Waals surface area contributed by atoms with Gasteiger partial charge in [-0.3, -0.25) is 9.78 Å². The molecule has 2 N–H and O–H groups in total. The molecule has 1 fully saturated rings. The Labute approximate surface area is 238 Å². The van der Waals surface area contributed by atoms with E-state index in [4.69, 9.17) is 28.6 Å². The van der Waals surface area contributed by atoms with E-state index in [1.54, 1.807) is 6.20 Å². The number of halogens is 1. The molecule has 9 heteroatoms. The highest BCUT2D eigenvalue weighted by molar-refractivity contribution is 7.80. The lowest BCUT2D eigenvalue weighted by molar-refractivity contribution is -0.119. The molecular formula is C30H30ClN5O2S. The fourth-order valence-electron chi connectivity index (χ4n) is 5.30. The smallest absolute Gasteiger partial charge is 0.250 e. The minimum Gasteiger partial charge on any atom is -0.375 e. The van der Waals surface area contributed by atoms with Crippen molar-refractivity contribution in [2.24, 2.45) is 0 Å². The highest BCUT2D eigenvalue weighted by Crippen LogP contribution is 2.44. The number of methoxy groups -OCH3 is 1. The zero-order valence-corrected chi connectivity index (χ0v) is 23.8. The van der Waals surface area contributed by atoms with Crippen LogP contribution in [0.15, 0.2) is 72.9 Å². The van der Waals surface area contributed by atoms with Crippen molar-refractivity contribution in [1.82, 2.24) is 14.9 Å². The number of aryl methyl sites for hydroxylation is 2. The molecule has 0 unspecified atom stereocenters. The maximum Gasteiger partial charge on any atom is 0.250 e. The Morgan fingerprint density at radius 3 is 2.56 bits per heavy atom. The summed E-state index contributed by atoms with van der Waals surface area (Å²) < 4.78 is 7.14. The minimum absolute atomic E-state index is 0.00377. The van der Waals surface area contributed by atoms with Crippen LogP contribution in [0, 0.1) is 20.8 Å². The van der Waals surface area contributed by atoms with Gasteiger partial charge in [0.2, 0.25) is 5.91 Å². The van der Waals surface area contributed by atoms with Crippen LogP contribution in [0.1, 0.15) is 40.3 Å². The number of carbonyl (C=O) groups is 1. The van der Waals surface area contributed by atoms with Crippen LogP contribution >= 0.6 is 23.8 Å². The van der Waals surface area contributed by atoms with Crippen LogP contribution in [0.25, 0.3) is 5.69 Å². The first-order chi connectivity index (χ1) is 18.8. The number of nitrogens with one attached hydrogen (secondary N) is 2. The van der Waals surface area contributed by atoms with Crippen LogP contribution in [0.2, 0.25) is 5.02 Å². The van der Waals surface area contributed by atoms with Crippen molar-refractivity contribution in [2.45, 2.75) is 32.9 Å². The van der Waals surface area contributed by atoms with Gasteiger partial charge in [-0.25, -0.2) is 0 Å². The maximum absolute atomic E-state index is 12.1. The zero-order valence-electron chi connectivity index (χ0n) is 22.2. The van der Waals surface area contributed by atoms with Crippen molar-refractivity contribution in [3.05, 3.63) is 106 Å². The predicted molar refractivity (Wildman–Crippen MR) is 160 cm³/mol. The third kappa shape index (κ3) is 5.15. The van der Waals surface area contributed by atoms with E-state index in [-0.39, 0.29) is 24.6 Å². The monoisotopic (exact) mass is 559 g/mol. The molecule has 1 aliphatic rings. The lowest BCUT2D eigenvalue weighted by Gasteiger charge is -2.29. The van der Waals surface area contributed by atoms with Gasteiger partial charge in [-0.2, -0.15) is 0 Å². The fourth-order valence-corrected chi connectivity index (χ4v) is 5.86. The van der Waals surface area contributed by atoms with Gasteiger partial charge in [0, 0.05) is 36.1 Å². The topological polar surface area (TPSA) is 71.4 Å². The van der Waals surface area contributed by atoms with Crippen LogP contribution in [0.5, 0.6) is 0 Å². The van der Waals surface area contributed by atoms with Crippen molar-refractivity contribution in [3.63, 3.8) is 0 Å². The number of amides is 1. The lowest BCUT2D eigenvalue weighted by atomic mass is 9.96. The zero-order chi connectivity index (χ0) is 27.7. The summed E-state index contributed by atoms with van der Waals surface area (Å²) in [4.78, 5) is 18.9. The van der Waals surface area contributed by atoms with Crippen LogP contribution in [-0.4, -0.2) is 34.3 Å². The van der Waals surface area contributed by atoms with Gasteiger partial charge in [-0.15, -0.1) is 0 Å². The first kappa shape index (κ1) is 26.9. The molecule has 0 saturated carbocycles. The molecule has 1 saturated heterocycles. The molecule has 200 valence electrons. The second-order valence-electron chi connectivity index (χ2n) is 9.59. The van der Waals surface area contributed by atoms with E-state index in [1.165, 1.54) is 7.11 Å². The van der Waals surface area contributed by atoms with Crippen molar-refractivity contribution < 1.29 is 9.53 Å². The Morgan fingerprint density at radius 1 is 1.10 bits per heavy atom. The van der Waals surface area contributed by atoms with E-state index < -0.39 is 0 Å². The van der Waals surface area contributed by atoms with Crippen LogP contribution in [0.4, 0.5) is 11.4 Å². The Bertz CT molecular complexity index is 1540. The number of benzene rings is 2. The number of carbonyl (C=O) groups excluding carboxylic acids is 1. The van der Waals surface area contributed by atoms with Crippen molar-refractivity contribution in [2.75, 3.05) is 23.9 Å². The molecule has 1 amide bonds. The van der Waals surface area contributed by atoms with Gasteiger partial charge in [-0.05, 0) is 92.6 Å². The van der Waals surface area contributed by atoms with E-state index in [0.29, 0.717) is 10.1 Å². The summed E-state index contributed by atoms with van der Waals surface area (Å²) in [5.41, 5.74) is 7.65. The Kier molecular flexibility index (Phi) is 7.70. The predicted octanol–water partition coefficient (Wildman–Crippen LogP) is 6.21. The molecule has 39 heavy (non-hydrogen) atoms. The number of thiocarbonyl (C=S) groups is 1. The molecule has 3 heterocycles. The SMILES string of the molecule is COCC(=O)Nc1ccc(N2C(=S)N[C@@H](c3ccccn3)[C@@H]2c2cc(C)n(-c3ccccc3Cl)c2C)cc1C. The number of nitrogens with zero attached hydrogens (tertiary/aromatic N) is 3. The lowest BCUT2D eigenvalue weighted by Crippen LogP contribution is -2.29. The number of anilines is 2. The number of ether oxygens (including phenoxy) is 1. The average Bonchev–Trinajstić information content (AvgIpc) is 3.41. The Balaban J connectivity index is 1.62. The Morgan fingerprint density at radius 2 is 1.87 bits per heavy atom. The van der Waals surface area contributed by atoms with E-state index in [1.807, 2.05) is 67.6 Å². The molecule has 5 rings (SSSR count). The van der Waals surface area contributed by atoms with Crippen molar-refractivity contribution in [1.29, 1.82) is 0 Å². The highest BCUT2D eigenvalue weighted by atomic mass is 35.5. The third-order valence-electron chi connectivity index (χ3n) is 7.02. The van der Waals surface area contributed by atoms with Crippen LogP contribution in [0.3, 0.4) is 0 Å². The summed E-state index contributed by atoms with van der Waals surface area (Å²) in [7, 11) is 1.50. The number of hydrogen-bond donors (Lipinski definition) is 2. The van der Waals surface area contributed by atoms with Crippen LogP contribution < -0.4 is 15.5 Å². The first-order valence-corrected chi connectivity index (χ1v) is 13.4. The summed E-state index contributed by atoms with van der Waals surface area (Å²) in [5, 5.41) is 7.73. The van der Waals surface area contributed by atoms with E-state index in [0.717, 1.165) is 45.3 Å². The number of hydrogen-bond acceptors (Lipinski definition) is 4. The van der Waals surface area contributed by atoms with Gasteiger partial charge in [-0.1, -0.05) is 29.8 Å². The quantitative estimate of drug-likeness (QED) is 0.262. The highest BCUT2D eigenvalue weighted by Gasteiger charge is 2.42. The summed E-state index contributed by atoms with van der Waals surface area (Å²) in [6, 6.07) is 21.5. The molecule has 0 aliphatic carbocycles. The van der Waals surface area contributed by atoms with Gasteiger partial charge in [0.1, 0.15) is 6.61 Å². The minimum atomic E-state index is -0.202. The normalized spacial score (nSPS) is 16.8. The molecule has 0 spiro atoms. The number of pyridine rings is 1. The van der Waals surface area contributed by atoms with Gasteiger partial charge < -0.3 is 24.8 Å². The molecule has 2 aromatic heterocycles. The average molecular weight is 560 g/mol. The van der Waals surface area contributed by atoms with Crippen molar-refractivity contribution >= 4 is 46.2 Å². The molecule has 0 bridgehead atoms. The largest absolute Gasteiger partial charge is 0.375 e. The maximum atomic E-state index is 12.1. The molecule has 4 aromatic rings. The van der Waals surface area contributed by atoms with Gasteiger partial charge in [0.05, 0.1) is 28.5 Å². The second kappa shape index (κ2) is 11.2. The molecule has 2 aromatic carbocycles. The summed E-state index contributed by atoms with van der Waals surface area (Å²) in [5.74, 6) is -0.202. The standard InChI is InChI=1S/C30H30ClN5O2S/c1-18-15-21(12-13-24(18)33-27(37)17-38-4)36-29(28(34-30(36)39)25-10-7-8-14-32-25)22-16-19(2)35(20(22)3)26-11-6-5-9-23(26)31/h5-16,28-29H,17H2,1-4H3,(H,33,37)(H,34,39)/t28-,29-/m0/s1. The second-order valence-corrected chi connectivity index (χ2v) is 10.4. The molecule has 2 atom stereocenters. The number of rotatable bonds is 7. The van der Waals surface area contributed by atoms with E-state index in [9.17, 15) is 4.79 Å².